The summed E-state index contributed by atoms with van der Waals surface area (Å²) in [5.74, 6) is 0.581. The molecule has 324 valence electrons. The highest BCUT2D eigenvalue weighted by atomic mass is 16.3. The number of aliphatic hydroxyl groups excluding tert-OH is 1. The number of hydrogen-bond acceptors (Lipinski definition) is 3. The van der Waals surface area contributed by atoms with Crippen LogP contribution in [0.1, 0.15) is 277 Å². The molecule has 0 radical (unpaired) electrons. The predicted molar refractivity (Wildman–Crippen MR) is 243 cm³/mol. The monoisotopic (exact) mass is 772 g/mol. The number of carbonyl (C=O) groups excluding carboxylic acids is 2. The number of carbonyl (C=O) groups is 2. The van der Waals surface area contributed by atoms with Crippen LogP contribution in [0.3, 0.4) is 0 Å². The van der Waals surface area contributed by atoms with Crippen LogP contribution in [0.4, 0.5) is 0 Å². The van der Waals surface area contributed by atoms with Gasteiger partial charge in [-0.25, -0.2) is 0 Å². The van der Waals surface area contributed by atoms with Gasteiger partial charge >= 0.3 is 0 Å². The van der Waals surface area contributed by atoms with Gasteiger partial charge in [-0.15, -0.1) is 0 Å². The van der Waals surface area contributed by atoms with E-state index in [-0.39, 0.29) is 5.91 Å². The molecule has 1 amide bonds. The first-order valence-corrected chi connectivity index (χ1v) is 24.9. The molecule has 2 N–H and O–H groups in total. The Kier molecular flexibility index (Phi) is 45.7. The van der Waals surface area contributed by atoms with Crippen LogP contribution in [0, 0.1) is 0 Å². The first-order chi connectivity index (χ1) is 27.1. The van der Waals surface area contributed by atoms with E-state index >= 15 is 0 Å². The van der Waals surface area contributed by atoms with E-state index in [0.717, 1.165) is 57.8 Å². The second kappa shape index (κ2) is 47.0. The number of ketones is 1. The Balaban J connectivity index is 3.33. The van der Waals surface area contributed by atoms with Gasteiger partial charge in [0.05, 0.1) is 6.10 Å². The minimum Gasteiger partial charge on any atom is -0.391 e. The molecule has 0 aromatic heterocycles. The highest BCUT2D eigenvalue weighted by Crippen LogP contribution is 2.16. The van der Waals surface area contributed by atoms with Crippen LogP contribution < -0.4 is 5.32 Å². The summed E-state index contributed by atoms with van der Waals surface area (Å²) in [5, 5.41) is 13.2. The van der Waals surface area contributed by atoms with Crippen molar-refractivity contribution in [1.82, 2.24) is 5.32 Å². The molecule has 1 atom stereocenters. The van der Waals surface area contributed by atoms with Gasteiger partial charge in [-0.1, -0.05) is 224 Å². The van der Waals surface area contributed by atoms with Crippen molar-refractivity contribution in [2.45, 2.75) is 283 Å². The maximum atomic E-state index is 12.2. The van der Waals surface area contributed by atoms with E-state index in [1.807, 2.05) is 0 Å². The third-order valence-electron chi connectivity index (χ3n) is 11.4. The molecule has 0 saturated heterocycles. The normalized spacial score (nSPS) is 12.3. The Bertz CT molecular complexity index is 836. The summed E-state index contributed by atoms with van der Waals surface area (Å²) < 4.78 is 0. The summed E-state index contributed by atoms with van der Waals surface area (Å²) in [6.45, 7) is 4.95. The van der Waals surface area contributed by atoms with Crippen LogP contribution in [0.2, 0.25) is 0 Å². The molecular weight excluding hydrogens is 675 g/mol. The largest absolute Gasteiger partial charge is 0.391 e. The number of rotatable bonds is 46. The molecule has 0 aliphatic carbocycles. The molecule has 55 heavy (non-hydrogen) atoms. The molecule has 0 bridgehead atoms. The average molecular weight is 772 g/mol. The molecule has 4 nitrogen and oxygen atoms in total. The number of Topliss-reactive ketones (excluding diaryl/α,β-unsaturated/α-hetero) is 1. The van der Waals surface area contributed by atoms with Gasteiger partial charge in [0, 0.05) is 25.8 Å². The lowest BCUT2D eigenvalue weighted by molar-refractivity contribution is -0.121. The number of hydrogen-bond donors (Lipinski definition) is 2. The highest BCUT2D eigenvalue weighted by Gasteiger charge is 2.07. The Hall–Kier alpha value is -1.42. The second-order valence-electron chi connectivity index (χ2n) is 17.1. The summed E-state index contributed by atoms with van der Waals surface area (Å²) in [7, 11) is 0. The maximum Gasteiger partial charge on any atom is 0.220 e. The van der Waals surface area contributed by atoms with E-state index in [1.54, 1.807) is 0 Å². The van der Waals surface area contributed by atoms with E-state index in [1.165, 1.54) is 199 Å². The van der Waals surface area contributed by atoms with Crippen molar-refractivity contribution in [3.63, 3.8) is 0 Å². The van der Waals surface area contributed by atoms with Gasteiger partial charge in [0.25, 0.3) is 0 Å². The van der Waals surface area contributed by atoms with Gasteiger partial charge < -0.3 is 10.4 Å². The zero-order valence-corrected chi connectivity index (χ0v) is 37.3. The standard InChI is InChI=1S/C51H97NO3/c1-3-5-7-9-11-13-15-17-19-21-24-28-32-36-40-44-49(53)45-41-37-33-29-25-22-23-27-31-35-39-43-47-51(55)52-48-50(54)46-42-38-34-30-26-20-18-16-14-12-10-8-6-4-2/h11,13,17,19,50,54H,3-10,12,14-16,18,20-48H2,1-2H3,(H,52,55)/b13-11-,19-17-/t50-/m0/s1. The Morgan fingerprint density at radius 2 is 0.745 bits per heavy atom. The zero-order valence-electron chi connectivity index (χ0n) is 37.3. The Morgan fingerprint density at radius 3 is 1.18 bits per heavy atom. The van der Waals surface area contributed by atoms with Crippen LogP contribution >= 0.6 is 0 Å². The lowest BCUT2D eigenvalue weighted by Gasteiger charge is -2.12. The number of nitrogens with one attached hydrogen (secondary N) is 1. The number of allylic oxidation sites excluding steroid dienone is 4. The summed E-state index contributed by atoms with van der Waals surface area (Å²) in [5.41, 5.74) is 0. The molecule has 0 rings (SSSR count). The average Bonchev–Trinajstić information content (AvgIpc) is 3.18. The molecule has 0 saturated carbocycles. The maximum absolute atomic E-state index is 12.2. The zero-order chi connectivity index (χ0) is 40.0. The molecule has 0 aromatic carbocycles. The lowest BCUT2D eigenvalue weighted by atomic mass is 10.0. The van der Waals surface area contributed by atoms with Gasteiger partial charge in [-0.3, -0.25) is 9.59 Å². The molecule has 0 aliphatic heterocycles. The van der Waals surface area contributed by atoms with Gasteiger partial charge in [0.2, 0.25) is 5.91 Å². The van der Waals surface area contributed by atoms with Crippen LogP contribution in [0.5, 0.6) is 0 Å². The van der Waals surface area contributed by atoms with Crippen molar-refractivity contribution in [3.05, 3.63) is 24.3 Å². The van der Waals surface area contributed by atoms with Crippen molar-refractivity contribution < 1.29 is 14.7 Å². The molecule has 0 aromatic rings. The minimum atomic E-state index is -0.402. The molecule has 0 aliphatic rings. The molecule has 0 heterocycles. The van der Waals surface area contributed by atoms with E-state index in [4.69, 9.17) is 0 Å². The fourth-order valence-electron chi connectivity index (χ4n) is 7.63. The second-order valence-corrected chi connectivity index (χ2v) is 17.1. The van der Waals surface area contributed by atoms with E-state index in [0.29, 0.717) is 18.7 Å². The van der Waals surface area contributed by atoms with Crippen molar-refractivity contribution >= 4 is 11.7 Å². The molecule has 0 unspecified atom stereocenters. The number of amides is 1. The molecular formula is C51H97NO3. The molecule has 0 spiro atoms. The lowest BCUT2D eigenvalue weighted by Crippen LogP contribution is -2.31. The van der Waals surface area contributed by atoms with E-state index < -0.39 is 6.10 Å². The SMILES string of the molecule is CCCCC/C=C\C/C=C\CCCCCCCC(=O)CCCCCCCCCCCCCCC(=O)NC[C@@H](O)CCCCCCCCCCCCCCCC. The number of aliphatic hydroxyl groups is 1. The molecule has 4 heteroatoms. The summed E-state index contributed by atoms with van der Waals surface area (Å²) in [6, 6.07) is 0. The van der Waals surface area contributed by atoms with Gasteiger partial charge in [-0.2, -0.15) is 0 Å². The van der Waals surface area contributed by atoms with Crippen LogP contribution in [-0.2, 0) is 9.59 Å². The minimum absolute atomic E-state index is 0.0985. The topological polar surface area (TPSA) is 66.4 Å². The molecule has 0 fully saturated rings. The van der Waals surface area contributed by atoms with Crippen LogP contribution in [0.25, 0.3) is 0 Å². The van der Waals surface area contributed by atoms with Crippen LogP contribution in [0.15, 0.2) is 24.3 Å². The van der Waals surface area contributed by atoms with Gasteiger partial charge in [0.15, 0.2) is 0 Å². The van der Waals surface area contributed by atoms with Gasteiger partial charge in [0.1, 0.15) is 5.78 Å². The first kappa shape index (κ1) is 53.6. The summed E-state index contributed by atoms with van der Waals surface area (Å²) in [4.78, 5) is 24.4. The van der Waals surface area contributed by atoms with Crippen molar-refractivity contribution in [3.8, 4) is 0 Å². The predicted octanol–water partition coefficient (Wildman–Crippen LogP) is 16.2. The van der Waals surface area contributed by atoms with E-state index in [9.17, 15) is 14.7 Å². The van der Waals surface area contributed by atoms with Gasteiger partial charge in [-0.05, 0) is 57.8 Å². The smallest absolute Gasteiger partial charge is 0.220 e. The van der Waals surface area contributed by atoms with Crippen LogP contribution in [-0.4, -0.2) is 29.4 Å². The fraction of sp³-hybridized carbons (Fsp3) is 0.882. The van der Waals surface area contributed by atoms with Crippen molar-refractivity contribution in [2.75, 3.05) is 6.54 Å². The highest BCUT2D eigenvalue weighted by molar-refractivity contribution is 5.78. The van der Waals surface area contributed by atoms with E-state index in [2.05, 4.69) is 43.5 Å². The third kappa shape index (κ3) is 46.9. The summed E-state index contributed by atoms with van der Waals surface area (Å²) in [6.07, 6.45) is 59.0. The fourth-order valence-corrected chi connectivity index (χ4v) is 7.63. The van der Waals surface area contributed by atoms with Crippen molar-refractivity contribution in [2.24, 2.45) is 0 Å². The number of unbranched alkanes of at least 4 members (excludes halogenated alkanes) is 32. The first-order valence-electron chi connectivity index (χ1n) is 24.9. The van der Waals surface area contributed by atoms with Crippen molar-refractivity contribution in [1.29, 1.82) is 0 Å². The quantitative estimate of drug-likeness (QED) is 0.0478. The summed E-state index contributed by atoms with van der Waals surface area (Å²) >= 11 is 0. The Morgan fingerprint density at radius 1 is 0.418 bits per heavy atom. The third-order valence-corrected chi connectivity index (χ3v) is 11.4. The Labute approximate surface area is 344 Å².